The van der Waals surface area contributed by atoms with Crippen molar-refractivity contribution >= 4 is 38.9 Å². The quantitative estimate of drug-likeness (QED) is 0.344. The molecule has 0 aliphatic carbocycles. The zero-order chi connectivity index (χ0) is 25.5. The number of carbonyl (C=O) groups excluding carboxylic acids is 2. The molecule has 0 aliphatic heterocycles. The zero-order valence-corrected chi connectivity index (χ0v) is 20.4. The minimum absolute atomic E-state index is 0.0420. The lowest BCUT2D eigenvalue weighted by Crippen LogP contribution is -2.32. The molecule has 2 N–H and O–H groups in total. The van der Waals surface area contributed by atoms with Gasteiger partial charge >= 0.3 is 0 Å². The predicted molar refractivity (Wildman–Crippen MR) is 141 cm³/mol. The molecule has 0 saturated carbocycles. The summed E-state index contributed by atoms with van der Waals surface area (Å²) in [6, 6.07) is 30.6. The first-order chi connectivity index (χ1) is 17.3. The normalized spacial score (nSPS) is 10.9. The fourth-order valence-corrected chi connectivity index (χ4v) is 5.22. The highest BCUT2D eigenvalue weighted by molar-refractivity contribution is 7.92. The highest BCUT2D eigenvalue weighted by Gasteiger charge is 2.28. The molecule has 36 heavy (non-hydrogen) atoms. The van der Waals surface area contributed by atoms with E-state index in [4.69, 9.17) is 0 Å². The Kier molecular flexibility index (Phi) is 7.46. The lowest BCUT2D eigenvalue weighted by molar-refractivity contribution is -0.114. The van der Waals surface area contributed by atoms with Crippen molar-refractivity contribution in [2.24, 2.45) is 0 Å². The number of para-hydroxylation sites is 1. The Labute approximate surface area is 210 Å². The third-order valence-corrected chi connectivity index (χ3v) is 7.13. The molecule has 0 heterocycles. The molecule has 0 unspecified atom stereocenters. The number of benzene rings is 4. The van der Waals surface area contributed by atoms with E-state index in [1.807, 2.05) is 30.3 Å². The van der Waals surface area contributed by atoms with Crippen molar-refractivity contribution in [3.05, 3.63) is 120 Å². The fourth-order valence-electron chi connectivity index (χ4n) is 3.73. The van der Waals surface area contributed by atoms with Crippen LogP contribution in [0.3, 0.4) is 0 Å². The topological polar surface area (TPSA) is 95.6 Å². The summed E-state index contributed by atoms with van der Waals surface area (Å²) in [5, 5.41) is 5.49. The van der Waals surface area contributed by atoms with Crippen molar-refractivity contribution in [2.45, 2.75) is 18.4 Å². The van der Waals surface area contributed by atoms with E-state index in [-0.39, 0.29) is 28.6 Å². The van der Waals surface area contributed by atoms with Crippen LogP contribution in [0.1, 0.15) is 22.8 Å². The van der Waals surface area contributed by atoms with Crippen LogP contribution in [0.25, 0.3) is 0 Å². The van der Waals surface area contributed by atoms with Crippen LogP contribution in [-0.2, 0) is 21.4 Å². The van der Waals surface area contributed by atoms with E-state index < -0.39 is 15.9 Å². The first-order valence-electron chi connectivity index (χ1n) is 11.2. The molecule has 0 fully saturated rings. The number of nitrogens with one attached hydrogen (secondary N) is 2. The van der Waals surface area contributed by atoms with Crippen LogP contribution < -0.4 is 14.9 Å². The molecule has 0 spiro atoms. The number of rotatable bonds is 8. The maximum atomic E-state index is 13.8. The Morgan fingerprint density at radius 3 is 1.97 bits per heavy atom. The molecule has 2 amide bonds. The van der Waals surface area contributed by atoms with Gasteiger partial charge in [0, 0.05) is 18.3 Å². The molecule has 0 aromatic heterocycles. The van der Waals surface area contributed by atoms with Crippen molar-refractivity contribution in [1.29, 1.82) is 0 Å². The van der Waals surface area contributed by atoms with E-state index >= 15 is 0 Å². The molecule has 4 aromatic carbocycles. The van der Waals surface area contributed by atoms with E-state index in [1.54, 1.807) is 66.7 Å². The van der Waals surface area contributed by atoms with E-state index in [1.165, 1.54) is 23.4 Å². The minimum Gasteiger partial charge on any atom is -0.326 e. The van der Waals surface area contributed by atoms with Crippen LogP contribution in [-0.4, -0.2) is 20.2 Å². The van der Waals surface area contributed by atoms with Crippen LogP contribution in [0.15, 0.2) is 114 Å². The van der Waals surface area contributed by atoms with Gasteiger partial charge in [0.2, 0.25) is 5.91 Å². The van der Waals surface area contributed by atoms with E-state index in [0.29, 0.717) is 11.4 Å². The second kappa shape index (κ2) is 10.9. The average molecular weight is 500 g/mol. The smallest absolute Gasteiger partial charge is 0.264 e. The van der Waals surface area contributed by atoms with E-state index in [9.17, 15) is 18.0 Å². The summed E-state index contributed by atoms with van der Waals surface area (Å²) in [6.45, 7) is 1.44. The molecule has 8 heteroatoms. The van der Waals surface area contributed by atoms with Crippen molar-refractivity contribution in [2.75, 3.05) is 14.9 Å². The molecule has 0 aliphatic rings. The Hall–Kier alpha value is -4.43. The number of nitrogens with zero attached hydrogens (tertiary/aromatic N) is 1. The van der Waals surface area contributed by atoms with Crippen LogP contribution in [0.4, 0.5) is 17.1 Å². The van der Waals surface area contributed by atoms with Gasteiger partial charge in [-0.1, -0.05) is 66.7 Å². The van der Waals surface area contributed by atoms with Gasteiger partial charge in [0.05, 0.1) is 22.7 Å². The minimum atomic E-state index is -4.00. The first-order valence-corrected chi connectivity index (χ1v) is 12.7. The van der Waals surface area contributed by atoms with Crippen LogP contribution >= 0.6 is 0 Å². The SMILES string of the molecule is CC(=O)Nc1cccc(NC(=O)c2ccccc2N(Cc2ccccc2)S(=O)(=O)c2ccccc2)c1. The summed E-state index contributed by atoms with van der Waals surface area (Å²) < 4.78 is 28.8. The van der Waals surface area contributed by atoms with Gasteiger partial charge in [-0.3, -0.25) is 13.9 Å². The summed E-state index contributed by atoms with van der Waals surface area (Å²) in [5.74, 6) is -0.710. The molecule has 182 valence electrons. The van der Waals surface area contributed by atoms with Crippen molar-refractivity contribution in [3.8, 4) is 0 Å². The standard InChI is InChI=1S/C28H25N3O4S/c1-21(32)29-23-13-10-14-24(19-23)30-28(33)26-17-8-9-18-27(26)31(20-22-11-4-2-5-12-22)36(34,35)25-15-6-3-7-16-25/h2-19H,20H2,1H3,(H,29,32)(H,30,33). The molecule has 0 atom stereocenters. The number of hydrogen-bond donors (Lipinski definition) is 2. The number of anilines is 3. The van der Waals surface area contributed by atoms with Gasteiger partial charge in [0.25, 0.3) is 15.9 Å². The second-order valence-electron chi connectivity index (χ2n) is 8.04. The highest BCUT2D eigenvalue weighted by atomic mass is 32.2. The van der Waals surface area contributed by atoms with E-state index in [2.05, 4.69) is 10.6 Å². The van der Waals surface area contributed by atoms with Crippen molar-refractivity contribution in [1.82, 2.24) is 0 Å². The summed E-state index contributed by atoms with van der Waals surface area (Å²) in [4.78, 5) is 24.9. The first kappa shape index (κ1) is 24.7. The molecule has 7 nitrogen and oxygen atoms in total. The summed E-state index contributed by atoms with van der Waals surface area (Å²) in [7, 11) is -4.00. The third kappa shape index (κ3) is 5.79. The summed E-state index contributed by atoms with van der Waals surface area (Å²) in [5.41, 5.74) is 2.21. The number of amides is 2. The molecular formula is C28H25N3O4S. The Balaban J connectivity index is 1.74. The van der Waals surface area contributed by atoms with Crippen molar-refractivity contribution < 1.29 is 18.0 Å². The largest absolute Gasteiger partial charge is 0.326 e. The predicted octanol–water partition coefficient (Wildman–Crippen LogP) is 5.29. The Morgan fingerprint density at radius 2 is 1.31 bits per heavy atom. The van der Waals surface area contributed by atoms with Gasteiger partial charge in [0.15, 0.2) is 0 Å². The second-order valence-corrected chi connectivity index (χ2v) is 9.91. The fraction of sp³-hybridized carbons (Fsp3) is 0.0714. The Morgan fingerprint density at radius 1 is 0.722 bits per heavy atom. The van der Waals surface area contributed by atoms with Gasteiger partial charge in [0.1, 0.15) is 0 Å². The number of carbonyl (C=O) groups is 2. The van der Waals surface area contributed by atoms with Crippen LogP contribution in [0.5, 0.6) is 0 Å². The molecule has 4 aromatic rings. The van der Waals surface area contributed by atoms with Gasteiger partial charge in [-0.25, -0.2) is 8.42 Å². The lowest BCUT2D eigenvalue weighted by atomic mass is 10.1. The van der Waals surface area contributed by atoms with Crippen molar-refractivity contribution in [3.63, 3.8) is 0 Å². The summed E-state index contributed by atoms with van der Waals surface area (Å²) in [6.07, 6.45) is 0. The molecule has 0 radical (unpaired) electrons. The van der Waals surface area contributed by atoms with Gasteiger partial charge < -0.3 is 10.6 Å². The molecule has 0 saturated heterocycles. The third-order valence-electron chi connectivity index (χ3n) is 5.36. The lowest BCUT2D eigenvalue weighted by Gasteiger charge is -2.26. The highest BCUT2D eigenvalue weighted by Crippen LogP contribution is 2.30. The van der Waals surface area contributed by atoms with E-state index in [0.717, 1.165) is 5.56 Å². The van der Waals surface area contributed by atoms with Gasteiger partial charge in [-0.15, -0.1) is 0 Å². The van der Waals surface area contributed by atoms with Gasteiger partial charge in [-0.05, 0) is 48.0 Å². The molecule has 0 bridgehead atoms. The summed E-state index contributed by atoms with van der Waals surface area (Å²) >= 11 is 0. The molecular weight excluding hydrogens is 474 g/mol. The monoisotopic (exact) mass is 499 g/mol. The van der Waals surface area contributed by atoms with Crippen LogP contribution in [0, 0.1) is 0 Å². The molecule has 4 rings (SSSR count). The zero-order valence-electron chi connectivity index (χ0n) is 19.6. The number of sulfonamides is 1. The maximum absolute atomic E-state index is 13.8. The maximum Gasteiger partial charge on any atom is 0.264 e. The average Bonchev–Trinajstić information content (AvgIpc) is 2.88. The number of hydrogen-bond acceptors (Lipinski definition) is 4. The van der Waals surface area contributed by atoms with Gasteiger partial charge in [-0.2, -0.15) is 0 Å². The Bertz CT molecular complexity index is 1470. The van der Waals surface area contributed by atoms with Crippen LogP contribution in [0.2, 0.25) is 0 Å².